The highest BCUT2D eigenvalue weighted by Gasteiger charge is 2.21. The van der Waals surface area contributed by atoms with Gasteiger partial charge in [-0.15, -0.1) is 0 Å². The van der Waals surface area contributed by atoms with Crippen molar-refractivity contribution in [1.82, 2.24) is 5.32 Å². The maximum absolute atomic E-state index is 12.3. The van der Waals surface area contributed by atoms with Crippen LogP contribution >= 0.6 is 15.9 Å². The predicted molar refractivity (Wildman–Crippen MR) is 95.8 cm³/mol. The van der Waals surface area contributed by atoms with Crippen molar-refractivity contribution >= 4 is 21.8 Å². The van der Waals surface area contributed by atoms with Crippen molar-refractivity contribution in [3.05, 3.63) is 63.6 Å². The normalized spacial score (nSPS) is 16.3. The Hall–Kier alpha value is -1.85. The Bertz CT molecular complexity index is 732. The first-order valence-corrected chi connectivity index (χ1v) is 8.86. The molecule has 126 valence electrons. The Kier molecular flexibility index (Phi) is 5.53. The second-order valence-electron chi connectivity index (χ2n) is 5.91. The molecule has 1 aliphatic rings. The minimum Gasteiger partial charge on any atom is -0.483 e. The molecule has 5 heteroatoms. The summed E-state index contributed by atoms with van der Waals surface area (Å²) in [6.07, 6.45) is 3.09. The van der Waals surface area contributed by atoms with E-state index in [0.717, 1.165) is 23.7 Å². The molecule has 0 unspecified atom stereocenters. The Labute approximate surface area is 150 Å². The Morgan fingerprint density at radius 3 is 2.96 bits per heavy atom. The first-order valence-electron chi connectivity index (χ1n) is 8.06. The molecule has 0 fully saturated rings. The molecular formula is C19H20BrNO3. The summed E-state index contributed by atoms with van der Waals surface area (Å²) in [4.78, 5) is 12.3. The van der Waals surface area contributed by atoms with Gasteiger partial charge in [0, 0.05) is 10.0 Å². The second-order valence-corrected chi connectivity index (χ2v) is 6.83. The number of aliphatic hydroxyl groups is 1. The lowest BCUT2D eigenvalue weighted by Crippen LogP contribution is -2.34. The van der Waals surface area contributed by atoms with E-state index in [9.17, 15) is 9.90 Å². The summed E-state index contributed by atoms with van der Waals surface area (Å²) in [6, 6.07) is 13.7. The number of hydrogen-bond donors (Lipinski definition) is 2. The van der Waals surface area contributed by atoms with E-state index < -0.39 is 0 Å². The third-order valence-electron chi connectivity index (χ3n) is 4.26. The summed E-state index contributed by atoms with van der Waals surface area (Å²) in [6.45, 7) is -0.195. The number of aryl methyl sites for hydroxylation is 1. The molecule has 2 aromatic rings. The van der Waals surface area contributed by atoms with Crippen LogP contribution in [0.4, 0.5) is 0 Å². The summed E-state index contributed by atoms with van der Waals surface area (Å²) >= 11 is 3.35. The number of hydrogen-bond acceptors (Lipinski definition) is 3. The monoisotopic (exact) mass is 389 g/mol. The minimum absolute atomic E-state index is 0.0493. The maximum atomic E-state index is 12.3. The summed E-state index contributed by atoms with van der Waals surface area (Å²) in [5.41, 5.74) is 3.17. The van der Waals surface area contributed by atoms with Gasteiger partial charge in [0.15, 0.2) is 6.61 Å². The number of rotatable bonds is 5. The van der Waals surface area contributed by atoms with Gasteiger partial charge < -0.3 is 15.2 Å². The highest BCUT2D eigenvalue weighted by molar-refractivity contribution is 9.10. The molecule has 2 aromatic carbocycles. The predicted octanol–water partition coefficient (Wildman–Crippen LogP) is 3.51. The van der Waals surface area contributed by atoms with Crippen LogP contribution in [-0.4, -0.2) is 17.6 Å². The average molecular weight is 390 g/mol. The highest BCUT2D eigenvalue weighted by Crippen LogP contribution is 2.29. The van der Waals surface area contributed by atoms with Gasteiger partial charge in [0.05, 0.1) is 12.6 Å². The molecule has 0 saturated carbocycles. The molecule has 0 spiro atoms. The van der Waals surface area contributed by atoms with Crippen LogP contribution in [0.3, 0.4) is 0 Å². The quantitative estimate of drug-likeness (QED) is 0.822. The van der Waals surface area contributed by atoms with Gasteiger partial charge in [0.25, 0.3) is 5.91 Å². The number of halogens is 1. The topological polar surface area (TPSA) is 58.6 Å². The molecule has 1 amide bonds. The van der Waals surface area contributed by atoms with E-state index in [-0.39, 0.29) is 25.2 Å². The fourth-order valence-corrected chi connectivity index (χ4v) is 3.50. The zero-order valence-corrected chi connectivity index (χ0v) is 14.9. The van der Waals surface area contributed by atoms with Crippen LogP contribution in [0.15, 0.2) is 46.9 Å². The smallest absolute Gasteiger partial charge is 0.258 e. The van der Waals surface area contributed by atoms with Crippen molar-refractivity contribution in [1.29, 1.82) is 0 Å². The molecule has 2 N–H and O–H groups in total. The second kappa shape index (κ2) is 7.81. The molecule has 0 aliphatic heterocycles. The average Bonchev–Trinajstić information content (AvgIpc) is 2.61. The third-order valence-corrected chi connectivity index (χ3v) is 4.75. The Balaban J connectivity index is 1.61. The number of aliphatic hydroxyl groups excluding tert-OH is 1. The zero-order chi connectivity index (χ0) is 16.9. The van der Waals surface area contributed by atoms with Crippen molar-refractivity contribution < 1.29 is 14.6 Å². The fourth-order valence-electron chi connectivity index (χ4n) is 3.10. The van der Waals surface area contributed by atoms with E-state index in [2.05, 4.69) is 33.4 Å². The zero-order valence-electron chi connectivity index (χ0n) is 13.3. The van der Waals surface area contributed by atoms with Crippen molar-refractivity contribution in [2.45, 2.75) is 31.9 Å². The van der Waals surface area contributed by atoms with Gasteiger partial charge in [0.2, 0.25) is 0 Å². The highest BCUT2D eigenvalue weighted by atomic mass is 79.9. The van der Waals surface area contributed by atoms with Gasteiger partial charge >= 0.3 is 0 Å². The van der Waals surface area contributed by atoms with Crippen LogP contribution in [0, 0.1) is 0 Å². The minimum atomic E-state index is -0.150. The SMILES string of the molecule is O=C(COc1ccc(Br)cc1CO)N[C@H]1CCCc2ccccc21. The van der Waals surface area contributed by atoms with Crippen molar-refractivity contribution in [2.75, 3.05) is 6.61 Å². The van der Waals surface area contributed by atoms with Gasteiger partial charge in [0.1, 0.15) is 5.75 Å². The van der Waals surface area contributed by atoms with Crippen molar-refractivity contribution in [3.63, 3.8) is 0 Å². The summed E-state index contributed by atoms with van der Waals surface area (Å²) in [5.74, 6) is 0.378. The fraction of sp³-hybridized carbons (Fsp3) is 0.316. The van der Waals surface area contributed by atoms with E-state index >= 15 is 0 Å². The number of carbonyl (C=O) groups excluding carboxylic acids is 1. The van der Waals surface area contributed by atoms with Gasteiger partial charge in [-0.2, -0.15) is 0 Å². The van der Waals surface area contributed by atoms with Crippen LogP contribution in [-0.2, 0) is 17.8 Å². The van der Waals surface area contributed by atoms with Crippen LogP contribution in [0.25, 0.3) is 0 Å². The number of amides is 1. The molecule has 1 aliphatic carbocycles. The molecule has 4 nitrogen and oxygen atoms in total. The van der Waals surface area contributed by atoms with E-state index in [0.29, 0.717) is 11.3 Å². The maximum Gasteiger partial charge on any atom is 0.258 e. The Morgan fingerprint density at radius 1 is 1.29 bits per heavy atom. The molecule has 0 bridgehead atoms. The van der Waals surface area contributed by atoms with Crippen LogP contribution in [0.5, 0.6) is 5.75 Å². The lowest BCUT2D eigenvalue weighted by atomic mass is 9.88. The summed E-state index contributed by atoms with van der Waals surface area (Å²) in [7, 11) is 0. The summed E-state index contributed by atoms with van der Waals surface area (Å²) in [5, 5.41) is 12.4. The van der Waals surface area contributed by atoms with E-state index in [4.69, 9.17) is 4.74 Å². The first kappa shape index (κ1) is 17.0. The van der Waals surface area contributed by atoms with Crippen molar-refractivity contribution in [2.24, 2.45) is 0 Å². The molecular weight excluding hydrogens is 370 g/mol. The third kappa shape index (κ3) is 3.97. The lowest BCUT2D eigenvalue weighted by molar-refractivity contribution is -0.124. The first-order chi connectivity index (χ1) is 11.7. The number of benzene rings is 2. The van der Waals surface area contributed by atoms with Crippen LogP contribution < -0.4 is 10.1 Å². The van der Waals surface area contributed by atoms with E-state index in [1.54, 1.807) is 12.1 Å². The van der Waals surface area contributed by atoms with Gasteiger partial charge in [-0.05, 0) is 48.6 Å². The van der Waals surface area contributed by atoms with Crippen LogP contribution in [0.2, 0.25) is 0 Å². The molecule has 0 aromatic heterocycles. The van der Waals surface area contributed by atoms with Gasteiger partial charge in [-0.3, -0.25) is 4.79 Å². The lowest BCUT2D eigenvalue weighted by Gasteiger charge is -2.26. The largest absolute Gasteiger partial charge is 0.483 e. The molecule has 0 heterocycles. The number of nitrogens with one attached hydrogen (secondary N) is 1. The van der Waals surface area contributed by atoms with Crippen molar-refractivity contribution in [3.8, 4) is 5.75 Å². The molecule has 24 heavy (non-hydrogen) atoms. The van der Waals surface area contributed by atoms with Gasteiger partial charge in [-0.1, -0.05) is 40.2 Å². The van der Waals surface area contributed by atoms with E-state index in [1.807, 2.05) is 18.2 Å². The standard InChI is InChI=1S/C19H20BrNO3/c20-15-8-9-18(14(10-15)11-22)24-12-19(23)21-17-7-3-5-13-4-1-2-6-16(13)17/h1-2,4,6,8-10,17,22H,3,5,7,11-12H2,(H,21,23)/t17-/m0/s1. The van der Waals surface area contributed by atoms with Gasteiger partial charge in [-0.25, -0.2) is 0 Å². The number of fused-ring (bicyclic) bond motifs is 1. The Morgan fingerprint density at radius 2 is 2.12 bits per heavy atom. The van der Waals surface area contributed by atoms with E-state index in [1.165, 1.54) is 11.1 Å². The van der Waals surface area contributed by atoms with Crippen LogP contribution in [0.1, 0.15) is 35.6 Å². The number of ether oxygens (including phenoxy) is 1. The molecule has 3 rings (SSSR count). The molecule has 1 atom stereocenters. The summed E-state index contributed by atoms with van der Waals surface area (Å²) < 4.78 is 6.44. The number of carbonyl (C=O) groups is 1. The molecule has 0 radical (unpaired) electrons. The molecule has 0 saturated heterocycles.